The molecule has 0 aliphatic rings. The molecule has 0 spiro atoms. The van der Waals surface area contributed by atoms with Crippen molar-refractivity contribution in [2.45, 2.75) is 46.1 Å². The highest BCUT2D eigenvalue weighted by molar-refractivity contribution is 4.95. The van der Waals surface area contributed by atoms with E-state index in [1.54, 1.807) is 0 Å². The summed E-state index contributed by atoms with van der Waals surface area (Å²) < 4.78 is 0. The lowest BCUT2D eigenvalue weighted by atomic mass is 9.92. The number of nitrogens with two attached hydrogens (primary N) is 1. The van der Waals surface area contributed by atoms with E-state index in [1.807, 2.05) is 6.92 Å². The van der Waals surface area contributed by atoms with Crippen LogP contribution in [0.2, 0.25) is 0 Å². The van der Waals surface area contributed by atoms with Gasteiger partial charge in [0.1, 0.15) is 0 Å². The van der Waals surface area contributed by atoms with E-state index in [-0.39, 0.29) is 5.54 Å². The molecule has 84 valence electrons. The van der Waals surface area contributed by atoms with Gasteiger partial charge in [-0.05, 0) is 32.6 Å². The summed E-state index contributed by atoms with van der Waals surface area (Å²) in [6.45, 7) is 14.2. The minimum absolute atomic E-state index is 0.0726. The summed E-state index contributed by atoms with van der Waals surface area (Å²) in [5.41, 5.74) is 7.02. The van der Waals surface area contributed by atoms with Crippen LogP contribution in [0, 0.1) is 5.92 Å². The Kier molecular flexibility index (Phi) is 6.05. The van der Waals surface area contributed by atoms with Crippen LogP contribution in [0.15, 0.2) is 12.2 Å². The van der Waals surface area contributed by atoms with Crippen LogP contribution in [-0.4, -0.2) is 18.6 Å². The molecule has 0 rings (SSSR count). The van der Waals surface area contributed by atoms with Gasteiger partial charge < -0.3 is 11.1 Å². The molecule has 0 aliphatic carbocycles. The van der Waals surface area contributed by atoms with Crippen LogP contribution in [-0.2, 0) is 0 Å². The second-order valence-corrected chi connectivity index (χ2v) is 5.01. The lowest BCUT2D eigenvalue weighted by molar-refractivity contribution is 0.323. The van der Waals surface area contributed by atoms with Gasteiger partial charge in [0.15, 0.2) is 0 Å². The Balaban J connectivity index is 3.97. The summed E-state index contributed by atoms with van der Waals surface area (Å²) in [6.07, 6.45) is 2.35. The molecule has 1 unspecified atom stereocenters. The molecule has 0 heterocycles. The summed E-state index contributed by atoms with van der Waals surface area (Å²) in [6, 6.07) is 0. The third kappa shape index (κ3) is 6.17. The Morgan fingerprint density at radius 2 is 2.07 bits per heavy atom. The normalized spacial score (nSPS) is 15.6. The van der Waals surface area contributed by atoms with Crippen molar-refractivity contribution in [2.75, 3.05) is 13.1 Å². The van der Waals surface area contributed by atoms with Crippen molar-refractivity contribution in [2.24, 2.45) is 11.7 Å². The highest BCUT2D eigenvalue weighted by Gasteiger charge is 2.21. The Morgan fingerprint density at radius 3 is 2.43 bits per heavy atom. The minimum Gasteiger partial charge on any atom is -0.329 e. The lowest BCUT2D eigenvalue weighted by Crippen LogP contribution is -2.49. The second-order valence-electron chi connectivity index (χ2n) is 5.01. The third-order valence-corrected chi connectivity index (χ3v) is 2.54. The number of rotatable bonds is 7. The Hall–Kier alpha value is -0.340. The zero-order chi connectivity index (χ0) is 11.2. The Morgan fingerprint density at radius 1 is 1.50 bits per heavy atom. The summed E-state index contributed by atoms with van der Waals surface area (Å²) in [5, 5.41) is 3.48. The van der Waals surface area contributed by atoms with Gasteiger partial charge in [0.2, 0.25) is 0 Å². The van der Waals surface area contributed by atoms with Crippen LogP contribution in [0.3, 0.4) is 0 Å². The monoisotopic (exact) mass is 198 g/mol. The zero-order valence-electron chi connectivity index (χ0n) is 10.2. The molecular weight excluding hydrogens is 172 g/mol. The molecule has 0 bridgehead atoms. The van der Waals surface area contributed by atoms with Crippen LogP contribution in [0.1, 0.15) is 40.5 Å². The van der Waals surface area contributed by atoms with Gasteiger partial charge in [0, 0.05) is 18.6 Å². The fraction of sp³-hybridized carbons (Fsp3) is 0.833. The molecule has 2 nitrogen and oxygen atoms in total. The maximum Gasteiger partial charge on any atom is 0.0278 e. The molecule has 0 aliphatic heterocycles. The Bertz CT molecular complexity index is 175. The van der Waals surface area contributed by atoms with Gasteiger partial charge in [-0.2, -0.15) is 0 Å². The molecule has 3 N–H and O–H groups in total. The predicted octanol–water partition coefficient (Wildman–Crippen LogP) is 2.31. The molecule has 0 radical (unpaired) electrons. The zero-order valence-corrected chi connectivity index (χ0v) is 10.2. The van der Waals surface area contributed by atoms with E-state index in [0.29, 0.717) is 6.54 Å². The van der Waals surface area contributed by atoms with Crippen LogP contribution in [0.5, 0.6) is 0 Å². The topological polar surface area (TPSA) is 38.0 Å². The van der Waals surface area contributed by atoms with E-state index in [2.05, 4.69) is 32.7 Å². The fourth-order valence-corrected chi connectivity index (χ4v) is 1.23. The second kappa shape index (κ2) is 6.20. The lowest BCUT2D eigenvalue weighted by Gasteiger charge is -2.30. The third-order valence-electron chi connectivity index (χ3n) is 2.54. The molecule has 0 amide bonds. The van der Waals surface area contributed by atoms with Crippen molar-refractivity contribution >= 4 is 0 Å². The molecule has 0 saturated carbocycles. The van der Waals surface area contributed by atoms with E-state index in [4.69, 9.17) is 5.73 Å². The maximum atomic E-state index is 5.79. The van der Waals surface area contributed by atoms with Crippen molar-refractivity contribution in [3.63, 3.8) is 0 Å². The first kappa shape index (κ1) is 13.7. The van der Waals surface area contributed by atoms with Crippen molar-refractivity contribution in [3.05, 3.63) is 12.2 Å². The molecule has 14 heavy (non-hydrogen) atoms. The van der Waals surface area contributed by atoms with E-state index >= 15 is 0 Å². The van der Waals surface area contributed by atoms with E-state index in [9.17, 15) is 0 Å². The highest BCUT2D eigenvalue weighted by Crippen LogP contribution is 2.15. The van der Waals surface area contributed by atoms with E-state index < -0.39 is 0 Å². The van der Waals surface area contributed by atoms with Gasteiger partial charge in [-0.25, -0.2) is 0 Å². The van der Waals surface area contributed by atoms with E-state index in [1.165, 1.54) is 6.42 Å². The van der Waals surface area contributed by atoms with Gasteiger partial charge in [-0.3, -0.25) is 0 Å². The summed E-state index contributed by atoms with van der Waals surface area (Å²) in [4.78, 5) is 0. The average molecular weight is 198 g/mol. The van der Waals surface area contributed by atoms with Gasteiger partial charge in [-0.1, -0.05) is 26.0 Å². The van der Waals surface area contributed by atoms with E-state index in [0.717, 1.165) is 24.5 Å². The maximum absolute atomic E-state index is 5.79. The van der Waals surface area contributed by atoms with Crippen molar-refractivity contribution < 1.29 is 0 Å². The van der Waals surface area contributed by atoms with Gasteiger partial charge in [-0.15, -0.1) is 0 Å². The van der Waals surface area contributed by atoms with Gasteiger partial charge >= 0.3 is 0 Å². The standard InChI is InChI=1S/C12H26N2/c1-10(2)6-7-12(5,9-13)14-8-11(3)4/h10,14H,3,6-9,13H2,1-2,4-5H3. The van der Waals surface area contributed by atoms with Crippen LogP contribution >= 0.6 is 0 Å². The average Bonchev–Trinajstić information content (AvgIpc) is 2.11. The Labute approximate surface area is 89.0 Å². The molecule has 0 fully saturated rings. The molecule has 0 aromatic heterocycles. The highest BCUT2D eigenvalue weighted by atomic mass is 15.0. The minimum atomic E-state index is 0.0726. The van der Waals surface area contributed by atoms with Gasteiger partial charge in [0.05, 0.1) is 0 Å². The quantitative estimate of drug-likeness (QED) is 0.616. The van der Waals surface area contributed by atoms with Crippen molar-refractivity contribution in [1.82, 2.24) is 5.32 Å². The molecule has 1 atom stereocenters. The van der Waals surface area contributed by atoms with Gasteiger partial charge in [0.25, 0.3) is 0 Å². The molecule has 0 saturated heterocycles. The van der Waals surface area contributed by atoms with Crippen molar-refractivity contribution in [1.29, 1.82) is 0 Å². The fourth-order valence-electron chi connectivity index (χ4n) is 1.23. The summed E-state index contributed by atoms with van der Waals surface area (Å²) in [7, 11) is 0. The number of hydrogen-bond acceptors (Lipinski definition) is 2. The first-order chi connectivity index (χ1) is 6.39. The first-order valence-corrected chi connectivity index (χ1v) is 5.49. The molecule has 2 heteroatoms. The number of hydrogen-bond donors (Lipinski definition) is 2. The predicted molar refractivity (Wildman–Crippen MR) is 64.3 cm³/mol. The SMILES string of the molecule is C=C(C)CNC(C)(CN)CCC(C)C. The largest absolute Gasteiger partial charge is 0.329 e. The molecular formula is C12H26N2. The van der Waals surface area contributed by atoms with Crippen LogP contribution in [0.4, 0.5) is 0 Å². The smallest absolute Gasteiger partial charge is 0.0278 e. The molecule has 0 aromatic carbocycles. The van der Waals surface area contributed by atoms with Crippen molar-refractivity contribution in [3.8, 4) is 0 Å². The first-order valence-electron chi connectivity index (χ1n) is 5.49. The number of nitrogens with one attached hydrogen (secondary N) is 1. The van der Waals surface area contributed by atoms with Crippen LogP contribution in [0.25, 0.3) is 0 Å². The summed E-state index contributed by atoms with van der Waals surface area (Å²) >= 11 is 0. The summed E-state index contributed by atoms with van der Waals surface area (Å²) in [5.74, 6) is 0.743. The molecule has 0 aromatic rings. The van der Waals surface area contributed by atoms with Crippen LogP contribution < -0.4 is 11.1 Å².